The number of piperazine rings is 1. The van der Waals surface area contributed by atoms with Gasteiger partial charge in [0.1, 0.15) is 18.1 Å². The maximum absolute atomic E-state index is 12.6. The molecule has 2 aromatic rings. The third kappa shape index (κ3) is 6.41. The second-order valence-electron chi connectivity index (χ2n) is 8.28. The molecule has 3 rings (SSSR count). The van der Waals surface area contributed by atoms with Crippen molar-refractivity contribution in [1.82, 2.24) is 16.0 Å². The van der Waals surface area contributed by atoms with E-state index in [9.17, 15) is 19.2 Å². The standard InChI is InChI=1S/C25H29N3O5/c1-15-9-10-18(11-16(15)2)13-21(25(32)33-3)26-22(29)14-20-24(31)27-19(23(30)28-20)12-17-7-5-4-6-8-17/h4-11,19-21H,12-14H2,1-3H3,(H,26,29)(H,27,31)(H,28,30)/t19-,20-,21-/m0/s1. The normalized spacial score (nSPS) is 18.6. The largest absolute Gasteiger partial charge is 0.467 e. The van der Waals surface area contributed by atoms with Gasteiger partial charge < -0.3 is 20.7 Å². The quantitative estimate of drug-likeness (QED) is 0.521. The minimum Gasteiger partial charge on any atom is -0.467 e. The van der Waals surface area contributed by atoms with Crippen molar-refractivity contribution in [3.05, 3.63) is 70.8 Å². The molecule has 0 radical (unpaired) electrons. The van der Waals surface area contributed by atoms with Crippen molar-refractivity contribution in [3.63, 3.8) is 0 Å². The van der Waals surface area contributed by atoms with E-state index in [1.807, 2.05) is 62.4 Å². The average Bonchev–Trinajstić information content (AvgIpc) is 2.79. The number of carbonyl (C=O) groups excluding carboxylic acids is 4. The van der Waals surface area contributed by atoms with Crippen molar-refractivity contribution < 1.29 is 23.9 Å². The van der Waals surface area contributed by atoms with Gasteiger partial charge in [0, 0.05) is 12.8 Å². The average molecular weight is 452 g/mol. The lowest BCUT2D eigenvalue weighted by atomic mass is 9.99. The molecular formula is C25H29N3O5. The topological polar surface area (TPSA) is 114 Å². The van der Waals surface area contributed by atoms with E-state index in [0.29, 0.717) is 6.42 Å². The summed E-state index contributed by atoms with van der Waals surface area (Å²) in [6, 6.07) is 12.5. The first-order valence-corrected chi connectivity index (χ1v) is 10.8. The zero-order valence-corrected chi connectivity index (χ0v) is 19.0. The molecule has 174 valence electrons. The molecule has 1 aliphatic rings. The highest BCUT2D eigenvalue weighted by atomic mass is 16.5. The molecule has 8 heteroatoms. The number of hydrogen-bond donors (Lipinski definition) is 3. The zero-order valence-electron chi connectivity index (χ0n) is 19.0. The molecule has 1 fully saturated rings. The van der Waals surface area contributed by atoms with Crippen molar-refractivity contribution >= 4 is 23.7 Å². The Balaban J connectivity index is 1.59. The number of aryl methyl sites for hydroxylation is 2. The Hall–Kier alpha value is -3.68. The first kappa shape index (κ1) is 24.0. The Bertz CT molecular complexity index is 1040. The van der Waals surface area contributed by atoms with E-state index >= 15 is 0 Å². The molecule has 33 heavy (non-hydrogen) atoms. The number of rotatable bonds is 8. The third-order valence-electron chi connectivity index (χ3n) is 5.77. The minimum absolute atomic E-state index is 0.252. The van der Waals surface area contributed by atoms with Crippen LogP contribution in [-0.4, -0.2) is 48.9 Å². The fraction of sp³-hybridized carbons (Fsp3) is 0.360. The number of methoxy groups -OCH3 is 1. The number of hydrogen-bond acceptors (Lipinski definition) is 5. The smallest absolute Gasteiger partial charge is 0.328 e. The summed E-state index contributed by atoms with van der Waals surface area (Å²) in [4.78, 5) is 49.9. The molecule has 2 aromatic carbocycles. The van der Waals surface area contributed by atoms with Crippen LogP contribution in [0.3, 0.4) is 0 Å². The predicted octanol–water partition coefficient (Wildman–Crippen LogP) is 1.12. The SMILES string of the molecule is COC(=O)[C@H](Cc1ccc(C)c(C)c1)NC(=O)C[C@@H]1NC(=O)[C@H](Cc2ccccc2)NC1=O. The second-order valence-corrected chi connectivity index (χ2v) is 8.28. The highest BCUT2D eigenvalue weighted by Crippen LogP contribution is 2.13. The summed E-state index contributed by atoms with van der Waals surface area (Å²) >= 11 is 0. The van der Waals surface area contributed by atoms with Crippen molar-refractivity contribution in [3.8, 4) is 0 Å². The molecule has 3 amide bonds. The summed E-state index contributed by atoms with van der Waals surface area (Å²) in [7, 11) is 1.25. The lowest BCUT2D eigenvalue weighted by Gasteiger charge is -2.29. The molecule has 0 spiro atoms. The van der Waals surface area contributed by atoms with Gasteiger partial charge in [-0.3, -0.25) is 14.4 Å². The van der Waals surface area contributed by atoms with Gasteiger partial charge in [-0.2, -0.15) is 0 Å². The zero-order chi connectivity index (χ0) is 24.0. The van der Waals surface area contributed by atoms with Crippen molar-refractivity contribution in [2.45, 2.75) is 51.2 Å². The van der Waals surface area contributed by atoms with E-state index in [-0.39, 0.29) is 18.7 Å². The molecule has 8 nitrogen and oxygen atoms in total. The molecule has 3 atom stereocenters. The van der Waals surface area contributed by atoms with E-state index in [4.69, 9.17) is 4.74 Å². The highest BCUT2D eigenvalue weighted by Gasteiger charge is 2.35. The molecule has 3 N–H and O–H groups in total. The van der Waals surface area contributed by atoms with E-state index in [1.54, 1.807) is 0 Å². The lowest BCUT2D eigenvalue weighted by molar-refractivity contribution is -0.145. The van der Waals surface area contributed by atoms with Gasteiger partial charge in [-0.25, -0.2) is 4.79 Å². The Morgan fingerprint density at radius 2 is 1.61 bits per heavy atom. The Labute approximate surface area is 193 Å². The van der Waals surface area contributed by atoms with Gasteiger partial charge in [0.25, 0.3) is 0 Å². The Kier molecular flexibility index (Phi) is 7.82. The number of ether oxygens (including phenoxy) is 1. The number of amides is 3. The van der Waals surface area contributed by atoms with Gasteiger partial charge in [0.05, 0.1) is 13.5 Å². The fourth-order valence-corrected chi connectivity index (χ4v) is 3.75. The van der Waals surface area contributed by atoms with Crippen LogP contribution in [0.15, 0.2) is 48.5 Å². The van der Waals surface area contributed by atoms with E-state index in [2.05, 4.69) is 16.0 Å². The Morgan fingerprint density at radius 1 is 0.939 bits per heavy atom. The van der Waals surface area contributed by atoms with Crippen LogP contribution < -0.4 is 16.0 Å². The summed E-state index contributed by atoms with van der Waals surface area (Å²) in [5.41, 5.74) is 4.00. The minimum atomic E-state index is -1.01. The van der Waals surface area contributed by atoms with Gasteiger partial charge in [-0.15, -0.1) is 0 Å². The molecule has 0 unspecified atom stereocenters. The highest BCUT2D eigenvalue weighted by molar-refractivity contribution is 5.99. The van der Waals surface area contributed by atoms with Crippen LogP contribution in [0.25, 0.3) is 0 Å². The van der Waals surface area contributed by atoms with Gasteiger partial charge in [0.15, 0.2) is 0 Å². The summed E-state index contributed by atoms with van der Waals surface area (Å²) in [5, 5.41) is 7.94. The van der Waals surface area contributed by atoms with Crippen LogP contribution in [-0.2, 0) is 36.8 Å². The number of esters is 1. The Morgan fingerprint density at radius 3 is 2.27 bits per heavy atom. The van der Waals surface area contributed by atoms with Gasteiger partial charge >= 0.3 is 5.97 Å². The first-order chi connectivity index (χ1) is 15.8. The summed E-state index contributed by atoms with van der Waals surface area (Å²) < 4.78 is 4.84. The summed E-state index contributed by atoms with van der Waals surface area (Å²) in [6.45, 7) is 3.96. The van der Waals surface area contributed by atoms with Crippen LogP contribution in [0.1, 0.15) is 28.7 Å². The number of nitrogens with one attached hydrogen (secondary N) is 3. The predicted molar refractivity (Wildman–Crippen MR) is 122 cm³/mol. The summed E-state index contributed by atoms with van der Waals surface area (Å²) in [5.74, 6) is -1.90. The molecule has 1 aliphatic heterocycles. The maximum atomic E-state index is 12.6. The van der Waals surface area contributed by atoms with Crippen LogP contribution in [0.4, 0.5) is 0 Å². The molecular weight excluding hydrogens is 422 g/mol. The van der Waals surface area contributed by atoms with Crippen LogP contribution in [0.2, 0.25) is 0 Å². The van der Waals surface area contributed by atoms with Crippen LogP contribution in [0, 0.1) is 13.8 Å². The van der Waals surface area contributed by atoms with Crippen molar-refractivity contribution in [2.24, 2.45) is 0 Å². The van der Waals surface area contributed by atoms with E-state index in [1.165, 1.54) is 7.11 Å². The van der Waals surface area contributed by atoms with Crippen molar-refractivity contribution in [1.29, 1.82) is 0 Å². The molecule has 0 bridgehead atoms. The molecule has 1 heterocycles. The second kappa shape index (κ2) is 10.8. The van der Waals surface area contributed by atoms with Crippen molar-refractivity contribution in [2.75, 3.05) is 7.11 Å². The molecule has 0 aliphatic carbocycles. The first-order valence-electron chi connectivity index (χ1n) is 10.8. The fourth-order valence-electron chi connectivity index (χ4n) is 3.75. The van der Waals surface area contributed by atoms with E-state index < -0.39 is 35.9 Å². The number of benzene rings is 2. The molecule has 1 saturated heterocycles. The molecule has 0 aromatic heterocycles. The van der Waals surface area contributed by atoms with E-state index in [0.717, 1.165) is 22.3 Å². The third-order valence-corrected chi connectivity index (χ3v) is 5.77. The molecule has 0 saturated carbocycles. The number of carbonyl (C=O) groups is 4. The van der Waals surface area contributed by atoms with Gasteiger partial charge in [0.2, 0.25) is 17.7 Å². The lowest BCUT2D eigenvalue weighted by Crippen LogP contribution is -2.63. The van der Waals surface area contributed by atoms with Gasteiger partial charge in [-0.05, 0) is 36.1 Å². The van der Waals surface area contributed by atoms with Crippen LogP contribution >= 0.6 is 0 Å². The summed E-state index contributed by atoms with van der Waals surface area (Å²) in [6.07, 6.45) is 0.329. The van der Waals surface area contributed by atoms with Gasteiger partial charge in [-0.1, -0.05) is 48.5 Å². The van der Waals surface area contributed by atoms with Crippen LogP contribution in [0.5, 0.6) is 0 Å². The monoisotopic (exact) mass is 451 g/mol. The maximum Gasteiger partial charge on any atom is 0.328 e.